The number of benzene rings is 2. The highest BCUT2D eigenvalue weighted by molar-refractivity contribution is 9.10. The molecule has 0 aliphatic rings. The smallest absolute Gasteiger partial charge is 0.129 e. The highest BCUT2D eigenvalue weighted by Gasteiger charge is 2.16. The lowest BCUT2D eigenvalue weighted by molar-refractivity contribution is 0.502. The van der Waals surface area contributed by atoms with Gasteiger partial charge in [-0.3, -0.25) is 0 Å². The molecule has 0 saturated carbocycles. The highest BCUT2D eigenvalue weighted by Crippen LogP contribution is 2.23. The molecule has 0 aromatic heterocycles. The quantitative estimate of drug-likeness (QED) is 0.796. The lowest BCUT2D eigenvalue weighted by Gasteiger charge is -2.18. The van der Waals surface area contributed by atoms with Crippen LogP contribution in [-0.4, -0.2) is 13.1 Å². The fraction of sp³-hybridized carbons (Fsp3) is 0.250. The first kappa shape index (κ1) is 16.4. The minimum Gasteiger partial charge on any atom is -0.316 e. The molecule has 0 fully saturated rings. The normalized spacial score (nSPS) is 12.4. The summed E-state index contributed by atoms with van der Waals surface area (Å²) >= 11 is 9.54. The van der Waals surface area contributed by atoms with E-state index in [1.807, 2.05) is 18.2 Å². The Morgan fingerprint density at radius 3 is 2.38 bits per heavy atom. The number of nitrogens with one attached hydrogen (secondary N) is 1. The molecule has 2 rings (SSSR count). The minimum atomic E-state index is -0.517. The van der Waals surface area contributed by atoms with Crippen molar-refractivity contribution in [1.82, 2.24) is 5.32 Å². The summed E-state index contributed by atoms with van der Waals surface area (Å²) in [5.41, 5.74) is 1.04. The molecule has 1 N–H and O–H groups in total. The maximum atomic E-state index is 13.7. The predicted octanol–water partition coefficient (Wildman–Crippen LogP) is 4.75. The molecule has 112 valence electrons. The van der Waals surface area contributed by atoms with E-state index in [2.05, 4.69) is 21.2 Å². The van der Waals surface area contributed by atoms with E-state index in [1.165, 1.54) is 18.2 Å². The molecular weight excluding hydrogens is 360 g/mol. The van der Waals surface area contributed by atoms with Crippen LogP contribution in [-0.2, 0) is 12.8 Å². The summed E-state index contributed by atoms with van der Waals surface area (Å²) in [4.78, 5) is 0. The zero-order chi connectivity index (χ0) is 15.4. The van der Waals surface area contributed by atoms with Gasteiger partial charge in [-0.05, 0) is 49.7 Å². The fourth-order valence-corrected chi connectivity index (χ4v) is 2.95. The van der Waals surface area contributed by atoms with E-state index in [-0.39, 0.29) is 18.0 Å². The van der Waals surface area contributed by atoms with E-state index in [1.54, 1.807) is 7.05 Å². The summed E-state index contributed by atoms with van der Waals surface area (Å²) in [5, 5.41) is 3.73. The van der Waals surface area contributed by atoms with Gasteiger partial charge in [-0.2, -0.15) is 0 Å². The van der Waals surface area contributed by atoms with Gasteiger partial charge in [0.2, 0.25) is 0 Å². The Labute approximate surface area is 136 Å². The maximum Gasteiger partial charge on any atom is 0.129 e. The first-order chi connectivity index (χ1) is 10.0. The van der Waals surface area contributed by atoms with Gasteiger partial charge in [-0.25, -0.2) is 8.78 Å². The van der Waals surface area contributed by atoms with Crippen LogP contribution in [0.5, 0.6) is 0 Å². The van der Waals surface area contributed by atoms with Gasteiger partial charge >= 0.3 is 0 Å². The third-order valence-corrected chi connectivity index (χ3v) is 4.25. The van der Waals surface area contributed by atoms with Crippen LogP contribution in [0.2, 0.25) is 5.02 Å². The van der Waals surface area contributed by atoms with E-state index in [0.717, 1.165) is 10.0 Å². The molecule has 1 atom stereocenters. The summed E-state index contributed by atoms with van der Waals surface area (Å²) in [6.07, 6.45) is 0.859. The van der Waals surface area contributed by atoms with Crippen LogP contribution in [0.25, 0.3) is 0 Å². The Bertz CT molecular complexity index is 613. The zero-order valence-electron chi connectivity index (χ0n) is 11.5. The third-order valence-electron chi connectivity index (χ3n) is 3.40. The lowest BCUT2D eigenvalue weighted by atomic mass is 9.98. The van der Waals surface area contributed by atoms with Gasteiger partial charge < -0.3 is 5.32 Å². The molecule has 0 spiro atoms. The molecule has 0 bridgehead atoms. The highest BCUT2D eigenvalue weighted by atomic mass is 79.9. The Morgan fingerprint density at radius 2 is 1.81 bits per heavy atom. The van der Waals surface area contributed by atoms with E-state index in [9.17, 15) is 8.78 Å². The van der Waals surface area contributed by atoms with Gasteiger partial charge in [0.05, 0.1) is 0 Å². The molecule has 1 unspecified atom stereocenters. The second kappa shape index (κ2) is 7.34. The van der Waals surface area contributed by atoms with Crippen LogP contribution in [0, 0.1) is 11.6 Å². The number of hydrogen-bond donors (Lipinski definition) is 1. The van der Waals surface area contributed by atoms with Crippen molar-refractivity contribution in [1.29, 1.82) is 0 Å². The molecule has 2 aromatic carbocycles. The first-order valence-corrected chi connectivity index (χ1v) is 7.72. The predicted molar refractivity (Wildman–Crippen MR) is 85.8 cm³/mol. The van der Waals surface area contributed by atoms with E-state index >= 15 is 0 Å². The molecule has 21 heavy (non-hydrogen) atoms. The zero-order valence-corrected chi connectivity index (χ0v) is 13.8. The van der Waals surface area contributed by atoms with Gasteiger partial charge in [0.1, 0.15) is 11.6 Å². The van der Waals surface area contributed by atoms with Gasteiger partial charge in [-0.15, -0.1) is 0 Å². The third kappa shape index (κ3) is 4.25. The molecule has 0 saturated heterocycles. The second-order valence-electron chi connectivity index (χ2n) is 4.83. The Balaban J connectivity index is 2.17. The molecule has 5 heteroatoms. The van der Waals surface area contributed by atoms with Crippen molar-refractivity contribution in [2.45, 2.75) is 18.9 Å². The van der Waals surface area contributed by atoms with Crippen LogP contribution in [0.4, 0.5) is 8.78 Å². The molecule has 0 aliphatic heterocycles. The van der Waals surface area contributed by atoms with Crippen LogP contribution in [0.15, 0.2) is 40.9 Å². The Kier molecular flexibility index (Phi) is 5.73. The fourth-order valence-electron chi connectivity index (χ4n) is 2.20. The monoisotopic (exact) mass is 373 g/mol. The summed E-state index contributed by atoms with van der Waals surface area (Å²) in [5.74, 6) is -1.03. The van der Waals surface area contributed by atoms with Crippen molar-refractivity contribution in [3.05, 3.63) is 68.7 Å². The summed E-state index contributed by atoms with van der Waals surface area (Å²) in [6.45, 7) is 0. The molecule has 0 radical (unpaired) electrons. The average molecular weight is 375 g/mol. The molecule has 0 amide bonds. The van der Waals surface area contributed by atoms with Gasteiger partial charge in [0, 0.05) is 21.1 Å². The summed E-state index contributed by atoms with van der Waals surface area (Å²) in [7, 11) is 1.77. The maximum absolute atomic E-state index is 13.7. The van der Waals surface area contributed by atoms with Crippen LogP contribution in [0.1, 0.15) is 11.1 Å². The average Bonchev–Trinajstić information content (AvgIpc) is 2.44. The summed E-state index contributed by atoms with van der Waals surface area (Å²) in [6, 6.07) is 9.44. The molecule has 1 nitrogen and oxygen atoms in total. The van der Waals surface area contributed by atoms with Crippen molar-refractivity contribution in [2.75, 3.05) is 7.05 Å². The van der Waals surface area contributed by atoms with Crippen molar-refractivity contribution in [3.8, 4) is 0 Å². The number of rotatable bonds is 5. The number of halogens is 4. The van der Waals surface area contributed by atoms with Crippen molar-refractivity contribution >= 4 is 27.5 Å². The SMILES string of the molecule is CNC(Cc1ccc(Br)cc1Cl)Cc1c(F)cccc1F. The molecule has 0 heterocycles. The van der Waals surface area contributed by atoms with E-state index < -0.39 is 11.6 Å². The molecule has 0 aliphatic carbocycles. The Morgan fingerprint density at radius 1 is 1.14 bits per heavy atom. The Hall–Kier alpha value is -0.970. The van der Waals surface area contributed by atoms with E-state index in [4.69, 9.17) is 11.6 Å². The van der Waals surface area contributed by atoms with Crippen LogP contribution < -0.4 is 5.32 Å². The number of hydrogen-bond acceptors (Lipinski definition) is 1. The van der Waals surface area contributed by atoms with Crippen molar-refractivity contribution in [3.63, 3.8) is 0 Å². The van der Waals surface area contributed by atoms with Crippen LogP contribution >= 0.6 is 27.5 Å². The largest absolute Gasteiger partial charge is 0.316 e. The second-order valence-corrected chi connectivity index (χ2v) is 6.15. The van der Waals surface area contributed by atoms with Crippen LogP contribution in [0.3, 0.4) is 0 Å². The molecular formula is C16H15BrClF2N. The summed E-state index contributed by atoms with van der Waals surface area (Å²) < 4.78 is 28.3. The first-order valence-electron chi connectivity index (χ1n) is 6.55. The lowest BCUT2D eigenvalue weighted by Crippen LogP contribution is -2.30. The topological polar surface area (TPSA) is 12.0 Å². The van der Waals surface area contributed by atoms with Gasteiger partial charge in [0.15, 0.2) is 0 Å². The molecule has 2 aromatic rings. The van der Waals surface area contributed by atoms with E-state index in [0.29, 0.717) is 11.4 Å². The van der Waals surface area contributed by atoms with Gasteiger partial charge in [0.25, 0.3) is 0 Å². The van der Waals surface area contributed by atoms with Crippen molar-refractivity contribution < 1.29 is 8.78 Å². The number of likely N-dealkylation sites (N-methyl/N-ethyl adjacent to an activating group) is 1. The minimum absolute atomic E-state index is 0.102. The standard InChI is InChI=1S/C16H15BrClF2N/c1-21-12(7-10-5-6-11(17)8-14(10)18)9-13-15(19)3-2-4-16(13)20/h2-6,8,12,21H,7,9H2,1H3. The van der Waals surface area contributed by atoms with Gasteiger partial charge in [-0.1, -0.05) is 39.7 Å². The van der Waals surface area contributed by atoms with Crippen molar-refractivity contribution in [2.24, 2.45) is 0 Å².